The van der Waals surface area contributed by atoms with Crippen molar-refractivity contribution in [1.29, 1.82) is 0 Å². The van der Waals surface area contributed by atoms with E-state index in [1.807, 2.05) is 32.0 Å². The molecule has 2 aromatic rings. The molecule has 0 aromatic heterocycles. The Labute approximate surface area is 151 Å². The number of benzene rings is 2. The highest BCUT2D eigenvalue weighted by Gasteiger charge is 2.26. The van der Waals surface area contributed by atoms with Crippen LogP contribution in [0.1, 0.15) is 42.0 Å². The lowest BCUT2D eigenvalue weighted by Gasteiger charge is -2.21. The fraction of sp³-hybridized carbons (Fsp3) is 0.409. The van der Waals surface area contributed by atoms with E-state index in [4.69, 9.17) is 9.47 Å². The first-order valence-electron chi connectivity index (χ1n) is 8.91. The molecule has 2 rings (SSSR count). The van der Waals surface area contributed by atoms with Crippen LogP contribution in [-0.2, 0) is 14.3 Å². The van der Waals surface area contributed by atoms with Gasteiger partial charge in [0.2, 0.25) is 0 Å². The molecule has 0 saturated carbocycles. The summed E-state index contributed by atoms with van der Waals surface area (Å²) in [7, 11) is 0. The monoisotopic (exact) mass is 340 g/mol. The third kappa shape index (κ3) is 4.49. The third-order valence-electron chi connectivity index (χ3n) is 4.34. The number of esters is 1. The molecule has 2 aromatic carbocycles. The van der Waals surface area contributed by atoms with Crippen LogP contribution in [0.3, 0.4) is 0 Å². The summed E-state index contributed by atoms with van der Waals surface area (Å²) in [5, 5.41) is 0. The molecule has 1 atom stereocenters. The van der Waals surface area contributed by atoms with Gasteiger partial charge in [0.15, 0.2) is 0 Å². The Morgan fingerprint density at radius 1 is 1.00 bits per heavy atom. The Balaban J connectivity index is 2.57. The van der Waals surface area contributed by atoms with Gasteiger partial charge >= 0.3 is 5.97 Å². The van der Waals surface area contributed by atoms with E-state index < -0.39 is 5.92 Å². The van der Waals surface area contributed by atoms with Crippen LogP contribution < -0.4 is 0 Å². The third-order valence-corrected chi connectivity index (χ3v) is 4.34. The highest BCUT2D eigenvalue weighted by Crippen LogP contribution is 2.35. The number of carbonyl (C=O) groups is 1. The van der Waals surface area contributed by atoms with Gasteiger partial charge in [-0.15, -0.1) is 0 Å². The molecular weight excluding hydrogens is 312 g/mol. The SMILES string of the molecule is CCOCC(C(=O)OCC)c1ccccc1-c1c(C)cc(C)cc1C. The summed E-state index contributed by atoms with van der Waals surface area (Å²) in [6, 6.07) is 12.4. The van der Waals surface area contributed by atoms with Crippen LogP contribution in [0.5, 0.6) is 0 Å². The van der Waals surface area contributed by atoms with E-state index in [1.165, 1.54) is 22.3 Å². The summed E-state index contributed by atoms with van der Waals surface area (Å²) in [6.07, 6.45) is 0. The second-order valence-electron chi connectivity index (χ2n) is 6.33. The van der Waals surface area contributed by atoms with Crippen molar-refractivity contribution in [3.05, 3.63) is 58.7 Å². The average molecular weight is 340 g/mol. The van der Waals surface area contributed by atoms with Crippen molar-refractivity contribution < 1.29 is 14.3 Å². The number of hydrogen-bond acceptors (Lipinski definition) is 3. The maximum Gasteiger partial charge on any atom is 0.315 e. The quantitative estimate of drug-likeness (QED) is 0.668. The minimum atomic E-state index is -0.420. The summed E-state index contributed by atoms with van der Waals surface area (Å²) in [5.41, 5.74) is 6.90. The molecule has 0 fully saturated rings. The minimum Gasteiger partial charge on any atom is -0.465 e. The van der Waals surface area contributed by atoms with E-state index in [-0.39, 0.29) is 5.97 Å². The van der Waals surface area contributed by atoms with Crippen LogP contribution in [0, 0.1) is 20.8 Å². The van der Waals surface area contributed by atoms with E-state index in [2.05, 4.69) is 39.0 Å². The second kappa shape index (κ2) is 8.82. The van der Waals surface area contributed by atoms with Crippen LogP contribution >= 0.6 is 0 Å². The van der Waals surface area contributed by atoms with Crippen LogP contribution in [-0.4, -0.2) is 25.8 Å². The van der Waals surface area contributed by atoms with Gasteiger partial charge in [0.05, 0.1) is 13.2 Å². The Morgan fingerprint density at radius 3 is 2.24 bits per heavy atom. The standard InChI is InChI=1S/C22H28O3/c1-6-24-14-20(22(23)25-7-2)18-10-8-9-11-19(18)21-16(4)12-15(3)13-17(21)5/h8-13,20H,6-7,14H2,1-5H3. The van der Waals surface area contributed by atoms with Gasteiger partial charge in [-0.2, -0.15) is 0 Å². The highest BCUT2D eigenvalue weighted by molar-refractivity contribution is 5.84. The zero-order valence-corrected chi connectivity index (χ0v) is 15.9. The largest absolute Gasteiger partial charge is 0.465 e. The number of aryl methyl sites for hydroxylation is 3. The van der Waals surface area contributed by atoms with Gasteiger partial charge in [0.25, 0.3) is 0 Å². The molecule has 0 heterocycles. The number of carbonyl (C=O) groups excluding carboxylic acids is 1. The molecule has 0 bridgehead atoms. The zero-order valence-electron chi connectivity index (χ0n) is 15.9. The lowest BCUT2D eigenvalue weighted by atomic mass is 9.86. The van der Waals surface area contributed by atoms with E-state index in [0.717, 1.165) is 11.1 Å². The molecule has 0 N–H and O–H groups in total. The van der Waals surface area contributed by atoms with E-state index in [1.54, 1.807) is 0 Å². The predicted molar refractivity (Wildman–Crippen MR) is 102 cm³/mol. The average Bonchev–Trinajstić information content (AvgIpc) is 2.56. The summed E-state index contributed by atoms with van der Waals surface area (Å²) < 4.78 is 10.9. The lowest BCUT2D eigenvalue weighted by molar-refractivity contribution is -0.146. The Kier molecular flexibility index (Phi) is 6.77. The van der Waals surface area contributed by atoms with Gasteiger partial charge in [-0.3, -0.25) is 4.79 Å². The summed E-state index contributed by atoms with van der Waals surface area (Å²) in [6.45, 7) is 11.4. The predicted octanol–water partition coefficient (Wildman–Crippen LogP) is 4.96. The van der Waals surface area contributed by atoms with Crippen molar-refractivity contribution in [3.63, 3.8) is 0 Å². The molecule has 1 unspecified atom stereocenters. The van der Waals surface area contributed by atoms with Crippen LogP contribution in [0.25, 0.3) is 11.1 Å². The first-order chi connectivity index (χ1) is 12.0. The molecule has 0 amide bonds. The Bertz CT molecular complexity index is 711. The molecule has 0 aliphatic rings. The fourth-order valence-corrected chi connectivity index (χ4v) is 3.40. The number of rotatable bonds is 7. The molecule has 0 radical (unpaired) electrons. The van der Waals surface area contributed by atoms with Crippen molar-refractivity contribution in [2.45, 2.75) is 40.5 Å². The molecule has 134 valence electrons. The molecule has 0 aliphatic heterocycles. The van der Waals surface area contributed by atoms with E-state index >= 15 is 0 Å². The summed E-state index contributed by atoms with van der Waals surface area (Å²) in [4.78, 5) is 12.6. The Morgan fingerprint density at radius 2 is 1.64 bits per heavy atom. The van der Waals surface area contributed by atoms with Gasteiger partial charge in [-0.05, 0) is 62.4 Å². The molecular formula is C22H28O3. The van der Waals surface area contributed by atoms with Gasteiger partial charge in [0.1, 0.15) is 5.92 Å². The molecule has 25 heavy (non-hydrogen) atoms. The maximum atomic E-state index is 12.6. The van der Waals surface area contributed by atoms with Gasteiger partial charge in [-0.25, -0.2) is 0 Å². The fourth-order valence-electron chi connectivity index (χ4n) is 3.40. The van der Waals surface area contributed by atoms with Crippen molar-refractivity contribution in [2.24, 2.45) is 0 Å². The molecule has 0 aliphatic carbocycles. The summed E-state index contributed by atoms with van der Waals surface area (Å²) in [5.74, 6) is -0.651. The first kappa shape index (κ1) is 19.2. The topological polar surface area (TPSA) is 35.5 Å². The van der Waals surface area contributed by atoms with E-state index in [9.17, 15) is 4.79 Å². The molecule has 0 saturated heterocycles. The Hall–Kier alpha value is -2.13. The lowest BCUT2D eigenvalue weighted by Crippen LogP contribution is -2.22. The van der Waals surface area contributed by atoms with E-state index in [0.29, 0.717) is 19.8 Å². The number of hydrogen-bond donors (Lipinski definition) is 0. The normalized spacial score (nSPS) is 12.0. The van der Waals surface area contributed by atoms with Crippen molar-refractivity contribution in [2.75, 3.05) is 19.8 Å². The van der Waals surface area contributed by atoms with Gasteiger partial charge < -0.3 is 9.47 Å². The van der Waals surface area contributed by atoms with Crippen molar-refractivity contribution in [3.8, 4) is 11.1 Å². The zero-order chi connectivity index (χ0) is 18.4. The summed E-state index contributed by atoms with van der Waals surface area (Å²) >= 11 is 0. The van der Waals surface area contributed by atoms with Crippen molar-refractivity contribution in [1.82, 2.24) is 0 Å². The molecule has 0 spiro atoms. The maximum absolute atomic E-state index is 12.6. The van der Waals surface area contributed by atoms with Crippen LogP contribution in [0.4, 0.5) is 0 Å². The molecule has 3 heteroatoms. The van der Waals surface area contributed by atoms with Crippen LogP contribution in [0.2, 0.25) is 0 Å². The number of ether oxygens (including phenoxy) is 2. The van der Waals surface area contributed by atoms with Crippen LogP contribution in [0.15, 0.2) is 36.4 Å². The van der Waals surface area contributed by atoms with Gasteiger partial charge in [-0.1, -0.05) is 42.0 Å². The van der Waals surface area contributed by atoms with Crippen molar-refractivity contribution >= 4 is 5.97 Å². The molecule has 3 nitrogen and oxygen atoms in total. The van der Waals surface area contributed by atoms with Gasteiger partial charge in [0, 0.05) is 6.61 Å². The highest BCUT2D eigenvalue weighted by atomic mass is 16.5. The minimum absolute atomic E-state index is 0.231. The first-order valence-corrected chi connectivity index (χ1v) is 8.91. The second-order valence-corrected chi connectivity index (χ2v) is 6.33. The smallest absolute Gasteiger partial charge is 0.315 e.